The summed E-state index contributed by atoms with van der Waals surface area (Å²) in [6.45, 7) is 9.32. The van der Waals surface area contributed by atoms with Crippen molar-refractivity contribution in [2.75, 3.05) is 20.1 Å². The van der Waals surface area contributed by atoms with E-state index in [1.807, 2.05) is 0 Å². The van der Waals surface area contributed by atoms with Crippen molar-refractivity contribution in [2.45, 2.75) is 71.3 Å². The molecule has 2 N–H and O–H groups in total. The van der Waals surface area contributed by atoms with Crippen LogP contribution < -0.4 is 5.73 Å². The molecular formula is C17H34N2. The van der Waals surface area contributed by atoms with E-state index in [4.69, 9.17) is 5.73 Å². The van der Waals surface area contributed by atoms with Crippen molar-refractivity contribution in [2.24, 2.45) is 23.0 Å². The highest BCUT2D eigenvalue weighted by atomic mass is 15.2. The second-order valence-corrected chi connectivity index (χ2v) is 8.14. The maximum Gasteiger partial charge on any atom is 0.0359 e. The van der Waals surface area contributed by atoms with E-state index in [1.54, 1.807) is 0 Å². The predicted octanol–water partition coefficient (Wildman–Crippen LogP) is 3.65. The van der Waals surface area contributed by atoms with Gasteiger partial charge < -0.3 is 5.73 Å². The van der Waals surface area contributed by atoms with Gasteiger partial charge in [-0.3, -0.25) is 4.90 Å². The SMILES string of the molecule is CC1CC(C)(C)CC1(CN)N(C)CC1CCCCC1. The first-order chi connectivity index (χ1) is 8.89. The van der Waals surface area contributed by atoms with Crippen molar-refractivity contribution in [1.29, 1.82) is 0 Å². The highest BCUT2D eigenvalue weighted by Crippen LogP contribution is 2.49. The molecule has 0 heterocycles. The van der Waals surface area contributed by atoms with Gasteiger partial charge in [0, 0.05) is 18.6 Å². The summed E-state index contributed by atoms with van der Waals surface area (Å²) in [6.07, 6.45) is 9.78. The summed E-state index contributed by atoms with van der Waals surface area (Å²) < 4.78 is 0. The molecule has 0 aromatic heterocycles. The minimum Gasteiger partial charge on any atom is -0.329 e. The minimum atomic E-state index is 0.251. The molecule has 112 valence electrons. The lowest BCUT2D eigenvalue weighted by molar-refractivity contribution is 0.0630. The number of likely N-dealkylation sites (N-methyl/N-ethyl adjacent to an activating group) is 1. The van der Waals surface area contributed by atoms with Crippen LogP contribution in [0, 0.1) is 17.3 Å². The molecule has 2 fully saturated rings. The van der Waals surface area contributed by atoms with Gasteiger partial charge >= 0.3 is 0 Å². The molecule has 19 heavy (non-hydrogen) atoms. The maximum atomic E-state index is 6.24. The van der Waals surface area contributed by atoms with Crippen LogP contribution in [0.4, 0.5) is 0 Å². The second kappa shape index (κ2) is 5.73. The van der Waals surface area contributed by atoms with E-state index in [9.17, 15) is 0 Å². The molecule has 0 amide bonds. The summed E-state index contributed by atoms with van der Waals surface area (Å²) in [7, 11) is 2.33. The molecule has 2 saturated carbocycles. The topological polar surface area (TPSA) is 29.3 Å². The molecule has 0 aromatic carbocycles. The molecule has 0 spiro atoms. The fraction of sp³-hybridized carbons (Fsp3) is 1.00. The molecule has 0 saturated heterocycles. The lowest BCUT2D eigenvalue weighted by Crippen LogP contribution is -2.55. The molecular weight excluding hydrogens is 232 g/mol. The van der Waals surface area contributed by atoms with E-state index in [2.05, 4.69) is 32.7 Å². The van der Waals surface area contributed by atoms with Crippen molar-refractivity contribution in [3.63, 3.8) is 0 Å². The van der Waals surface area contributed by atoms with Crippen molar-refractivity contribution < 1.29 is 0 Å². The zero-order chi connectivity index (χ0) is 14.1. The molecule has 0 aromatic rings. The average molecular weight is 266 g/mol. The van der Waals surface area contributed by atoms with Crippen LogP contribution in [0.2, 0.25) is 0 Å². The molecule has 2 nitrogen and oxygen atoms in total. The first-order valence-corrected chi connectivity index (χ1v) is 8.31. The largest absolute Gasteiger partial charge is 0.329 e. The van der Waals surface area contributed by atoms with Crippen LogP contribution in [0.1, 0.15) is 65.7 Å². The van der Waals surface area contributed by atoms with Gasteiger partial charge in [0.05, 0.1) is 0 Å². The summed E-state index contributed by atoms with van der Waals surface area (Å²) in [5, 5.41) is 0. The van der Waals surface area contributed by atoms with E-state index in [0.29, 0.717) is 5.41 Å². The molecule has 2 rings (SSSR count). The molecule has 2 aliphatic rings. The van der Waals surface area contributed by atoms with Gasteiger partial charge in [-0.25, -0.2) is 0 Å². The Morgan fingerprint density at radius 1 is 1.16 bits per heavy atom. The maximum absolute atomic E-state index is 6.24. The molecule has 2 aliphatic carbocycles. The fourth-order valence-corrected chi connectivity index (χ4v) is 4.97. The smallest absolute Gasteiger partial charge is 0.0359 e. The Labute approximate surface area is 120 Å². The Balaban J connectivity index is 2.03. The first kappa shape index (κ1) is 15.3. The van der Waals surface area contributed by atoms with Gasteiger partial charge in [0.1, 0.15) is 0 Å². The molecule has 2 heteroatoms. The lowest BCUT2D eigenvalue weighted by Gasteiger charge is -2.44. The molecule has 2 atom stereocenters. The van der Waals surface area contributed by atoms with Gasteiger partial charge in [0.25, 0.3) is 0 Å². The quantitative estimate of drug-likeness (QED) is 0.841. The summed E-state index contributed by atoms with van der Waals surface area (Å²) in [4.78, 5) is 2.64. The van der Waals surface area contributed by atoms with Gasteiger partial charge in [-0.15, -0.1) is 0 Å². The van der Waals surface area contributed by atoms with Gasteiger partial charge in [-0.1, -0.05) is 40.0 Å². The van der Waals surface area contributed by atoms with Gasteiger partial charge in [0.2, 0.25) is 0 Å². The van der Waals surface area contributed by atoms with Crippen LogP contribution in [0.15, 0.2) is 0 Å². The van der Waals surface area contributed by atoms with Crippen molar-refractivity contribution in [3.8, 4) is 0 Å². The van der Waals surface area contributed by atoms with Crippen LogP contribution in [-0.2, 0) is 0 Å². The monoisotopic (exact) mass is 266 g/mol. The van der Waals surface area contributed by atoms with Crippen LogP contribution >= 0.6 is 0 Å². The van der Waals surface area contributed by atoms with Crippen LogP contribution in [0.5, 0.6) is 0 Å². The van der Waals surface area contributed by atoms with E-state index in [1.165, 1.54) is 51.5 Å². The van der Waals surface area contributed by atoms with Crippen LogP contribution in [-0.4, -0.2) is 30.6 Å². The number of nitrogens with two attached hydrogens (primary N) is 1. The van der Waals surface area contributed by atoms with Gasteiger partial charge in [-0.2, -0.15) is 0 Å². The average Bonchev–Trinajstić information content (AvgIpc) is 2.61. The highest BCUT2D eigenvalue weighted by Gasteiger charge is 2.50. The summed E-state index contributed by atoms with van der Waals surface area (Å²) in [6, 6.07) is 0. The third-order valence-corrected chi connectivity index (χ3v) is 5.93. The van der Waals surface area contributed by atoms with E-state index in [-0.39, 0.29) is 5.54 Å². The van der Waals surface area contributed by atoms with Gasteiger partial charge in [-0.05, 0) is 50.0 Å². The Morgan fingerprint density at radius 3 is 2.26 bits per heavy atom. The number of rotatable bonds is 4. The fourth-order valence-electron chi connectivity index (χ4n) is 4.97. The lowest BCUT2D eigenvalue weighted by atomic mass is 9.82. The predicted molar refractivity (Wildman–Crippen MR) is 83.2 cm³/mol. The zero-order valence-corrected chi connectivity index (χ0v) is 13.5. The molecule has 0 aliphatic heterocycles. The molecule has 0 radical (unpaired) electrons. The zero-order valence-electron chi connectivity index (χ0n) is 13.5. The Morgan fingerprint density at radius 2 is 1.79 bits per heavy atom. The summed E-state index contributed by atoms with van der Waals surface area (Å²) in [5.41, 5.74) is 6.95. The van der Waals surface area contributed by atoms with Crippen molar-refractivity contribution >= 4 is 0 Å². The van der Waals surface area contributed by atoms with Crippen LogP contribution in [0.25, 0.3) is 0 Å². The van der Waals surface area contributed by atoms with Gasteiger partial charge in [0.15, 0.2) is 0 Å². The Hall–Kier alpha value is -0.0800. The molecule has 2 unspecified atom stereocenters. The summed E-state index contributed by atoms with van der Waals surface area (Å²) in [5.74, 6) is 1.64. The standard InChI is InChI=1S/C17H34N2/c1-14-10-16(2,3)12-17(14,13-18)19(4)11-15-8-6-5-7-9-15/h14-15H,5-13,18H2,1-4H3. The minimum absolute atomic E-state index is 0.251. The number of hydrogen-bond donors (Lipinski definition) is 1. The normalized spacial score (nSPS) is 36.0. The van der Waals surface area contributed by atoms with Crippen LogP contribution in [0.3, 0.4) is 0 Å². The third-order valence-electron chi connectivity index (χ3n) is 5.93. The van der Waals surface area contributed by atoms with E-state index in [0.717, 1.165) is 18.4 Å². The van der Waals surface area contributed by atoms with Crippen molar-refractivity contribution in [1.82, 2.24) is 4.90 Å². The summed E-state index contributed by atoms with van der Waals surface area (Å²) >= 11 is 0. The first-order valence-electron chi connectivity index (χ1n) is 8.31. The Bertz CT molecular complexity index is 294. The second-order valence-electron chi connectivity index (χ2n) is 8.14. The third kappa shape index (κ3) is 3.16. The van der Waals surface area contributed by atoms with E-state index < -0.39 is 0 Å². The van der Waals surface area contributed by atoms with Crippen molar-refractivity contribution in [3.05, 3.63) is 0 Å². The highest BCUT2D eigenvalue weighted by molar-refractivity contribution is 5.05. The van der Waals surface area contributed by atoms with E-state index >= 15 is 0 Å². The number of nitrogens with zero attached hydrogens (tertiary/aromatic N) is 1. The Kier molecular flexibility index (Phi) is 4.62. The number of hydrogen-bond acceptors (Lipinski definition) is 2. The molecule has 0 bridgehead atoms.